The lowest BCUT2D eigenvalue weighted by molar-refractivity contribution is 0.0596. The Morgan fingerprint density at radius 1 is 1.30 bits per heavy atom. The Morgan fingerprint density at radius 3 is 2.70 bits per heavy atom. The molecular weight excluding hydrogens is 300 g/mol. The molecule has 2 heterocycles. The molecule has 0 radical (unpaired) electrons. The summed E-state index contributed by atoms with van der Waals surface area (Å²) in [6.45, 7) is 3.81. The summed E-state index contributed by atoms with van der Waals surface area (Å²) in [6.07, 6.45) is -0.859. The highest BCUT2D eigenvalue weighted by Crippen LogP contribution is 2.37. The number of para-hydroxylation sites is 1. The van der Waals surface area contributed by atoms with Crippen LogP contribution in [0.2, 0.25) is 0 Å². The van der Waals surface area contributed by atoms with Crippen LogP contribution in [0.4, 0.5) is 4.79 Å². The first-order chi connectivity index (χ1) is 11.1. The molecule has 7 heteroatoms. The normalized spacial score (nSPS) is 20.7. The van der Waals surface area contributed by atoms with Crippen LogP contribution in [-0.2, 0) is 4.74 Å². The largest absolute Gasteiger partial charge is 0.492 e. The van der Waals surface area contributed by atoms with Crippen LogP contribution >= 0.6 is 0 Å². The Morgan fingerprint density at radius 2 is 2.04 bits per heavy atom. The van der Waals surface area contributed by atoms with E-state index in [4.69, 9.17) is 14.6 Å². The number of ether oxygens (including phenoxy) is 2. The number of hydrogen-bond donors (Lipinski definition) is 1. The number of carbonyl (C=O) groups is 2. The molecule has 0 bridgehead atoms. The molecule has 0 aromatic heterocycles. The zero-order valence-electron chi connectivity index (χ0n) is 13.0. The van der Waals surface area contributed by atoms with Gasteiger partial charge in [-0.15, -0.1) is 0 Å². The monoisotopic (exact) mass is 320 g/mol. The maximum Gasteiger partial charge on any atom is 0.407 e. The van der Waals surface area contributed by atoms with Gasteiger partial charge in [-0.2, -0.15) is 0 Å². The van der Waals surface area contributed by atoms with Crippen molar-refractivity contribution in [2.45, 2.75) is 5.92 Å². The number of amides is 1. The molecule has 7 nitrogen and oxygen atoms in total. The molecule has 1 unspecified atom stereocenters. The van der Waals surface area contributed by atoms with E-state index < -0.39 is 12.1 Å². The fourth-order valence-corrected chi connectivity index (χ4v) is 3.17. The van der Waals surface area contributed by atoms with Crippen molar-refractivity contribution in [2.24, 2.45) is 0 Å². The van der Waals surface area contributed by atoms with Crippen LogP contribution in [0.3, 0.4) is 0 Å². The molecule has 1 fully saturated rings. The lowest BCUT2D eigenvalue weighted by Crippen LogP contribution is -2.49. The van der Waals surface area contributed by atoms with E-state index in [1.165, 1.54) is 12.0 Å². The average Bonchev–Trinajstić information content (AvgIpc) is 2.97. The standard InChI is InChI=1S/C16H20N2O5/c1-22-15(19)13-4-2-3-12-11(10-23-14(12)13)9-17-5-7-18(8-6-17)16(20)21/h2-4,11H,5-10H2,1H3,(H,20,21). The molecule has 2 aliphatic rings. The summed E-state index contributed by atoms with van der Waals surface area (Å²) in [4.78, 5) is 26.4. The molecule has 0 aliphatic carbocycles. The Balaban J connectivity index is 1.67. The number of nitrogens with zero attached hydrogens (tertiary/aromatic N) is 2. The Hall–Kier alpha value is -2.28. The third-order valence-corrected chi connectivity index (χ3v) is 4.44. The third kappa shape index (κ3) is 3.10. The Bertz CT molecular complexity index is 610. The summed E-state index contributed by atoms with van der Waals surface area (Å²) in [7, 11) is 1.36. The van der Waals surface area contributed by atoms with Crippen molar-refractivity contribution >= 4 is 12.1 Å². The van der Waals surface area contributed by atoms with Gasteiger partial charge >= 0.3 is 12.1 Å². The van der Waals surface area contributed by atoms with Crippen LogP contribution in [0, 0.1) is 0 Å². The van der Waals surface area contributed by atoms with E-state index in [1.54, 1.807) is 6.07 Å². The van der Waals surface area contributed by atoms with Gasteiger partial charge in [0.25, 0.3) is 0 Å². The van der Waals surface area contributed by atoms with E-state index in [0.717, 1.165) is 25.2 Å². The van der Waals surface area contributed by atoms with Crippen molar-refractivity contribution in [1.82, 2.24) is 9.80 Å². The second-order valence-corrected chi connectivity index (χ2v) is 5.79. The highest BCUT2D eigenvalue weighted by Gasteiger charge is 2.31. The van der Waals surface area contributed by atoms with E-state index in [-0.39, 0.29) is 5.92 Å². The first kappa shape index (κ1) is 15.6. The molecular formula is C16H20N2O5. The summed E-state index contributed by atoms with van der Waals surface area (Å²) in [5, 5.41) is 8.99. The summed E-state index contributed by atoms with van der Waals surface area (Å²) in [5.74, 6) is 0.414. The van der Waals surface area contributed by atoms with Crippen LogP contribution < -0.4 is 4.74 Å². The zero-order valence-corrected chi connectivity index (χ0v) is 13.0. The van der Waals surface area contributed by atoms with Gasteiger partial charge in [-0.3, -0.25) is 4.90 Å². The van der Waals surface area contributed by atoms with Gasteiger partial charge in [0.05, 0.1) is 13.7 Å². The molecule has 1 aromatic carbocycles. The molecule has 23 heavy (non-hydrogen) atoms. The molecule has 1 amide bonds. The van der Waals surface area contributed by atoms with Crippen molar-refractivity contribution in [3.8, 4) is 5.75 Å². The number of methoxy groups -OCH3 is 1. The predicted octanol–water partition coefficient (Wildman–Crippen LogP) is 1.24. The lowest BCUT2D eigenvalue weighted by atomic mass is 9.98. The number of rotatable bonds is 3. The number of fused-ring (bicyclic) bond motifs is 1. The van der Waals surface area contributed by atoms with Crippen molar-refractivity contribution in [1.29, 1.82) is 0 Å². The Kier molecular flexibility index (Phi) is 4.38. The van der Waals surface area contributed by atoms with Crippen LogP contribution in [-0.4, -0.2) is 73.4 Å². The van der Waals surface area contributed by atoms with Gasteiger partial charge in [0, 0.05) is 44.2 Å². The quantitative estimate of drug-likeness (QED) is 0.844. The maximum absolute atomic E-state index is 11.8. The van der Waals surface area contributed by atoms with E-state index >= 15 is 0 Å². The SMILES string of the molecule is COC(=O)c1cccc2c1OCC2CN1CCN(C(=O)O)CC1. The van der Waals surface area contributed by atoms with Gasteiger partial charge in [-0.25, -0.2) is 9.59 Å². The van der Waals surface area contributed by atoms with Gasteiger partial charge in [-0.05, 0) is 6.07 Å². The number of carboxylic acid groups (broad SMARTS) is 1. The van der Waals surface area contributed by atoms with Crippen molar-refractivity contribution in [3.63, 3.8) is 0 Å². The first-order valence-corrected chi connectivity index (χ1v) is 7.64. The van der Waals surface area contributed by atoms with Gasteiger partial charge < -0.3 is 19.5 Å². The van der Waals surface area contributed by atoms with Crippen LogP contribution in [0.5, 0.6) is 5.75 Å². The molecule has 0 saturated carbocycles. The van der Waals surface area contributed by atoms with E-state index in [0.29, 0.717) is 31.0 Å². The molecule has 124 valence electrons. The second-order valence-electron chi connectivity index (χ2n) is 5.79. The van der Waals surface area contributed by atoms with Crippen molar-refractivity contribution in [3.05, 3.63) is 29.3 Å². The van der Waals surface area contributed by atoms with Gasteiger partial charge in [-0.1, -0.05) is 12.1 Å². The minimum atomic E-state index is -0.859. The van der Waals surface area contributed by atoms with E-state index in [9.17, 15) is 9.59 Å². The average molecular weight is 320 g/mol. The summed E-state index contributed by atoms with van der Waals surface area (Å²) in [5.41, 5.74) is 1.48. The smallest absolute Gasteiger partial charge is 0.407 e. The van der Waals surface area contributed by atoms with Crippen LogP contribution in [0.1, 0.15) is 21.8 Å². The molecule has 1 N–H and O–H groups in total. The van der Waals surface area contributed by atoms with Gasteiger partial charge in [0.15, 0.2) is 0 Å². The van der Waals surface area contributed by atoms with Crippen LogP contribution in [0.25, 0.3) is 0 Å². The number of carbonyl (C=O) groups excluding carboxylic acids is 1. The molecule has 1 aromatic rings. The number of benzene rings is 1. The number of hydrogen-bond acceptors (Lipinski definition) is 5. The molecule has 1 saturated heterocycles. The second kappa shape index (κ2) is 6.45. The van der Waals surface area contributed by atoms with Gasteiger partial charge in [0.1, 0.15) is 11.3 Å². The van der Waals surface area contributed by atoms with E-state index in [2.05, 4.69) is 4.90 Å². The minimum absolute atomic E-state index is 0.186. The highest BCUT2D eigenvalue weighted by molar-refractivity contribution is 5.93. The predicted molar refractivity (Wildman–Crippen MR) is 82.1 cm³/mol. The molecule has 0 spiro atoms. The molecule has 2 aliphatic heterocycles. The third-order valence-electron chi connectivity index (χ3n) is 4.44. The number of esters is 1. The van der Waals surface area contributed by atoms with E-state index in [1.807, 2.05) is 12.1 Å². The lowest BCUT2D eigenvalue weighted by Gasteiger charge is -2.34. The van der Waals surface area contributed by atoms with Crippen LogP contribution in [0.15, 0.2) is 18.2 Å². The maximum atomic E-state index is 11.8. The summed E-state index contributed by atoms with van der Waals surface area (Å²) in [6, 6.07) is 5.53. The fourth-order valence-electron chi connectivity index (χ4n) is 3.17. The van der Waals surface area contributed by atoms with Crippen molar-refractivity contribution < 1.29 is 24.2 Å². The molecule has 3 rings (SSSR count). The minimum Gasteiger partial charge on any atom is -0.492 e. The highest BCUT2D eigenvalue weighted by atomic mass is 16.5. The molecule has 1 atom stereocenters. The number of piperazine rings is 1. The zero-order chi connectivity index (χ0) is 16.4. The fraction of sp³-hybridized carbons (Fsp3) is 0.500. The summed E-state index contributed by atoms with van der Waals surface area (Å²) < 4.78 is 10.5. The van der Waals surface area contributed by atoms with Gasteiger partial charge in [0.2, 0.25) is 0 Å². The first-order valence-electron chi connectivity index (χ1n) is 7.64. The summed E-state index contributed by atoms with van der Waals surface area (Å²) >= 11 is 0. The van der Waals surface area contributed by atoms with Crippen molar-refractivity contribution in [2.75, 3.05) is 46.4 Å². The topological polar surface area (TPSA) is 79.3 Å². The Labute approximate surface area is 134 Å².